The summed E-state index contributed by atoms with van der Waals surface area (Å²) in [6.45, 7) is 0. The molecule has 2 aromatic heterocycles. The summed E-state index contributed by atoms with van der Waals surface area (Å²) in [6, 6.07) is 27.0. The molecule has 0 spiro atoms. The number of fused-ring (bicyclic) bond motifs is 1. The van der Waals surface area contributed by atoms with E-state index in [4.69, 9.17) is 15.9 Å². The lowest BCUT2D eigenvalue weighted by Gasteiger charge is -2.11. The van der Waals surface area contributed by atoms with Crippen LogP contribution in [0.25, 0.3) is 22.4 Å². The normalized spacial score (nSPS) is 11.6. The predicted molar refractivity (Wildman–Crippen MR) is 139 cm³/mol. The largest absolute Gasteiger partial charge is 0.441 e. The molecular formula is C27H25N7O. The van der Waals surface area contributed by atoms with Crippen molar-refractivity contribution in [1.82, 2.24) is 15.2 Å². The molecule has 5 N–H and O–H groups in total. The van der Waals surface area contributed by atoms with Crippen LogP contribution in [0.4, 0.5) is 17.2 Å². The second-order valence-corrected chi connectivity index (χ2v) is 8.11. The van der Waals surface area contributed by atoms with Crippen LogP contribution < -0.4 is 16.8 Å². The van der Waals surface area contributed by atoms with Gasteiger partial charge in [0.15, 0.2) is 23.3 Å². The molecule has 0 fully saturated rings. The molecule has 8 heteroatoms. The van der Waals surface area contributed by atoms with Gasteiger partial charge in [0.05, 0.1) is 5.69 Å². The number of para-hydroxylation sites is 1. The molecular weight excluding hydrogens is 438 g/mol. The van der Waals surface area contributed by atoms with Crippen molar-refractivity contribution in [3.63, 3.8) is 0 Å². The summed E-state index contributed by atoms with van der Waals surface area (Å²) in [7, 11) is 0. The molecule has 0 aliphatic carbocycles. The first kappa shape index (κ1) is 22.1. The van der Waals surface area contributed by atoms with Gasteiger partial charge in [-0.15, -0.1) is 10.2 Å². The third kappa shape index (κ3) is 5.44. The summed E-state index contributed by atoms with van der Waals surface area (Å²) in [6.07, 6.45) is 2.41. The second-order valence-electron chi connectivity index (χ2n) is 8.11. The van der Waals surface area contributed by atoms with Crippen LogP contribution in [0.3, 0.4) is 0 Å². The average Bonchev–Trinajstić information content (AvgIpc) is 3.28. The number of nitrogens with one attached hydrogen (secondary N) is 1. The molecule has 3 aromatic carbocycles. The molecule has 0 atom stereocenters. The van der Waals surface area contributed by atoms with Crippen LogP contribution in [-0.4, -0.2) is 21.1 Å². The van der Waals surface area contributed by atoms with Crippen molar-refractivity contribution >= 4 is 34.3 Å². The fourth-order valence-electron chi connectivity index (χ4n) is 3.82. The topological polar surface area (TPSA) is 128 Å². The van der Waals surface area contributed by atoms with Crippen molar-refractivity contribution in [3.05, 3.63) is 96.4 Å². The van der Waals surface area contributed by atoms with E-state index < -0.39 is 0 Å². The lowest BCUT2D eigenvalue weighted by Crippen LogP contribution is -2.22. The molecule has 0 bridgehead atoms. The van der Waals surface area contributed by atoms with Crippen molar-refractivity contribution in [2.45, 2.75) is 19.3 Å². The number of aliphatic imine (C=N–C) groups is 1. The molecule has 0 amide bonds. The molecule has 0 aliphatic rings. The number of benzene rings is 3. The summed E-state index contributed by atoms with van der Waals surface area (Å²) >= 11 is 0. The Hall–Kier alpha value is -4.72. The zero-order chi connectivity index (χ0) is 24.0. The molecule has 174 valence electrons. The van der Waals surface area contributed by atoms with Crippen LogP contribution in [0.1, 0.15) is 17.9 Å². The van der Waals surface area contributed by atoms with Crippen molar-refractivity contribution in [3.8, 4) is 11.3 Å². The Morgan fingerprint density at radius 2 is 1.71 bits per heavy atom. The number of guanidine groups is 1. The van der Waals surface area contributed by atoms with Crippen molar-refractivity contribution in [1.29, 1.82) is 0 Å². The number of hydrogen-bond donors (Lipinski definition) is 3. The van der Waals surface area contributed by atoms with Crippen LogP contribution in [0.5, 0.6) is 0 Å². The third-order valence-corrected chi connectivity index (χ3v) is 5.53. The van der Waals surface area contributed by atoms with Crippen LogP contribution >= 0.6 is 0 Å². The maximum Gasteiger partial charge on any atom is 0.199 e. The first-order valence-electron chi connectivity index (χ1n) is 11.4. The predicted octanol–water partition coefficient (Wildman–Crippen LogP) is 5.10. The van der Waals surface area contributed by atoms with Crippen LogP contribution in [-0.2, 0) is 12.8 Å². The van der Waals surface area contributed by atoms with Crippen molar-refractivity contribution in [2.75, 3.05) is 11.1 Å². The van der Waals surface area contributed by atoms with E-state index in [1.807, 2.05) is 66.7 Å². The van der Waals surface area contributed by atoms with Gasteiger partial charge in [0.1, 0.15) is 5.52 Å². The van der Waals surface area contributed by atoms with Gasteiger partial charge in [-0.3, -0.25) is 0 Å². The van der Waals surface area contributed by atoms with Gasteiger partial charge in [0.2, 0.25) is 0 Å². The SMILES string of the molecule is NC(=Nc1ccc(-c2ccccc2)nn1)Nc1ccccc1CCCc1nc2ccc(N)cc2o1. The van der Waals surface area contributed by atoms with Crippen LogP contribution in [0, 0.1) is 0 Å². The molecule has 35 heavy (non-hydrogen) atoms. The smallest absolute Gasteiger partial charge is 0.199 e. The van der Waals surface area contributed by atoms with Crippen molar-refractivity contribution < 1.29 is 4.42 Å². The summed E-state index contributed by atoms with van der Waals surface area (Å²) in [5.74, 6) is 1.38. The van der Waals surface area contributed by atoms with E-state index >= 15 is 0 Å². The van der Waals surface area contributed by atoms with Gasteiger partial charge < -0.3 is 21.2 Å². The summed E-state index contributed by atoms with van der Waals surface area (Å²) in [5, 5.41) is 11.6. The third-order valence-electron chi connectivity index (χ3n) is 5.53. The van der Waals surface area contributed by atoms with E-state index in [9.17, 15) is 0 Å². The zero-order valence-electron chi connectivity index (χ0n) is 19.1. The highest BCUT2D eigenvalue weighted by molar-refractivity contribution is 5.94. The molecule has 8 nitrogen and oxygen atoms in total. The Morgan fingerprint density at radius 1 is 0.886 bits per heavy atom. The zero-order valence-corrected chi connectivity index (χ0v) is 19.1. The number of aromatic nitrogens is 3. The monoisotopic (exact) mass is 463 g/mol. The first-order chi connectivity index (χ1) is 17.1. The molecule has 0 unspecified atom stereocenters. The Morgan fingerprint density at radius 3 is 2.54 bits per heavy atom. The average molecular weight is 464 g/mol. The minimum absolute atomic E-state index is 0.246. The van der Waals surface area contributed by atoms with Crippen LogP contribution in [0.15, 0.2) is 94.3 Å². The van der Waals surface area contributed by atoms with Gasteiger partial charge in [-0.1, -0.05) is 48.5 Å². The van der Waals surface area contributed by atoms with E-state index in [0.29, 0.717) is 23.0 Å². The van der Waals surface area contributed by atoms with Gasteiger partial charge >= 0.3 is 0 Å². The highest BCUT2D eigenvalue weighted by Crippen LogP contribution is 2.22. The first-order valence-corrected chi connectivity index (χ1v) is 11.4. The van der Waals surface area contributed by atoms with Gasteiger partial charge in [0.25, 0.3) is 0 Å². The van der Waals surface area contributed by atoms with Gasteiger partial charge in [0, 0.05) is 29.4 Å². The van der Waals surface area contributed by atoms with E-state index in [0.717, 1.165) is 47.3 Å². The lowest BCUT2D eigenvalue weighted by molar-refractivity contribution is 0.519. The molecule has 0 saturated heterocycles. The van der Waals surface area contributed by atoms with E-state index in [-0.39, 0.29) is 5.96 Å². The molecule has 5 rings (SSSR count). The Balaban J connectivity index is 1.22. The second kappa shape index (κ2) is 10.0. The quantitative estimate of drug-likeness (QED) is 0.174. The van der Waals surface area contributed by atoms with E-state index in [1.54, 1.807) is 12.1 Å². The molecule has 2 heterocycles. The van der Waals surface area contributed by atoms with Gasteiger partial charge in [-0.25, -0.2) is 4.98 Å². The Labute approximate surface area is 202 Å². The minimum Gasteiger partial charge on any atom is -0.441 e. The number of aryl methyl sites for hydroxylation is 2. The summed E-state index contributed by atoms with van der Waals surface area (Å²) in [5.41, 5.74) is 18.0. The number of hydrogen-bond acceptors (Lipinski definition) is 6. The van der Waals surface area contributed by atoms with Crippen LogP contribution in [0.2, 0.25) is 0 Å². The summed E-state index contributed by atoms with van der Waals surface area (Å²) < 4.78 is 5.83. The molecule has 0 aliphatic heterocycles. The number of rotatable bonds is 7. The number of anilines is 2. The number of nitrogen functional groups attached to an aromatic ring is 1. The number of nitrogens with zero attached hydrogens (tertiary/aromatic N) is 4. The Kier molecular flexibility index (Phi) is 6.34. The highest BCUT2D eigenvalue weighted by Gasteiger charge is 2.08. The molecule has 5 aromatic rings. The highest BCUT2D eigenvalue weighted by atomic mass is 16.3. The number of oxazole rings is 1. The molecule has 0 saturated carbocycles. The maximum atomic E-state index is 6.17. The molecule has 0 radical (unpaired) electrons. The van der Waals surface area contributed by atoms with Gasteiger partial charge in [-0.2, -0.15) is 4.99 Å². The fourth-order valence-corrected chi connectivity index (χ4v) is 3.82. The van der Waals surface area contributed by atoms with E-state index in [2.05, 4.69) is 31.6 Å². The van der Waals surface area contributed by atoms with Gasteiger partial charge in [-0.05, 0) is 48.7 Å². The Bertz CT molecular complexity index is 1460. The number of nitrogens with two attached hydrogens (primary N) is 2. The summed E-state index contributed by atoms with van der Waals surface area (Å²) in [4.78, 5) is 8.90. The maximum absolute atomic E-state index is 6.17. The standard InChI is InChI=1S/C27H25N7O/c28-20-13-14-23-24(17-20)35-26(30-23)12-6-10-18-9-4-5-11-21(18)31-27(29)32-25-16-15-22(33-34-25)19-7-2-1-3-8-19/h1-5,7-9,11,13-17H,6,10,12,28H2,(H3,29,31,32,34). The van der Waals surface area contributed by atoms with Crippen molar-refractivity contribution in [2.24, 2.45) is 10.7 Å². The minimum atomic E-state index is 0.246. The van der Waals surface area contributed by atoms with E-state index in [1.165, 1.54) is 0 Å². The fraction of sp³-hybridized carbons (Fsp3) is 0.111. The lowest BCUT2D eigenvalue weighted by atomic mass is 10.1.